The third-order valence-electron chi connectivity index (χ3n) is 3.00. The molecule has 0 unspecified atom stereocenters. The molecule has 1 fully saturated rings. The maximum absolute atomic E-state index is 11.3. The second-order valence-corrected chi connectivity index (χ2v) is 5.84. The number of nitrogens with two attached hydrogens (primary N) is 1. The molecule has 1 amide bonds. The largest absolute Gasteiger partial charge is 0.444 e. The molecule has 1 rings (SSSR count). The maximum atomic E-state index is 11.3. The molecule has 0 radical (unpaired) electrons. The molecule has 0 aromatic heterocycles. The van der Waals surface area contributed by atoms with Crippen LogP contribution in [-0.4, -0.2) is 24.3 Å². The van der Waals surface area contributed by atoms with E-state index in [0.29, 0.717) is 12.5 Å². The molecule has 1 aliphatic carbocycles. The van der Waals surface area contributed by atoms with E-state index in [0.717, 1.165) is 0 Å². The van der Waals surface area contributed by atoms with Gasteiger partial charge in [0.1, 0.15) is 5.60 Å². The first-order valence-corrected chi connectivity index (χ1v) is 5.37. The average molecular weight is 214 g/mol. The highest BCUT2D eigenvalue weighted by molar-refractivity contribution is 5.67. The second kappa shape index (κ2) is 3.67. The minimum absolute atomic E-state index is 0.148. The number of hydrogen-bond donors (Lipinski definition) is 2. The van der Waals surface area contributed by atoms with Gasteiger partial charge in [-0.2, -0.15) is 0 Å². The minimum Gasteiger partial charge on any atom is -0.444 e. The Morgan fingerprint density at radius 3 is 2.27 bits per heavy atom. The van der Waals surface area contributed by atoms with E-state index in [1.165, 1.54) is 0 Å². The van der Waals surface area contributed by atoms with Gasteiger partial charge in [-0.25, -0.2) is 4.79 Å². The van der Waals surface area contributed by atoms with Crippen molar-refractivity contribution in [3.8, 4) is 0 Å². The average Bonchev–Trinajstić information content (AvgIpc) is 2.45. The van der Waals surface area contributed by atoms with Gasteiger partial charge in [0.15, 0.2) is 0 Å². The van der Waals surface area contributed by atoms with Crippen molar-refractivity contribution in [1.29, 1.82) is 0 Å². The van der Waals surface area contributed by atoms with Gasteiger partial charge in [0, 0.05) is 12.6 Å². The van der Waals surface area contributed by atoms with E-state index in [1.54, 1.807) is 0 Å². The van der Waals surface area contributed by atoms with Crippen LogP contribution >= 0.6 is 0 Å². The van der Waals surface area contributed by atoms with Gasteiger partial charge in [0.05, 0.1) is 0 Å². The van der Waals surface area contributed by atoms with Gasteiger partial charge in [0.25, 0.3) is 0 Å². The highest BCUT2D eigenvalue weighted by Crippen LogP contribution is 2.49. The minimum atomic E-state index is -0.439. The van der Waals surface area contributed by atoms with Crippen molar-refractivity contribution < 1.29 is 9.53 Å². The second-order valence-electron chi connectivity index (χ2n) is 5.84. The summed E-state index contributed by atoms with van der Waals surface area (Å²) in [5.74, 6) is 0.366. The van der Waals surface area contributed by atoms with Gasteiger partial charge in [-0.05, 0) is 32.1 Å². The molecule has 4 heteroatoms. The molecular weight excluding hydrogens is 192 g/mol. The van der Waals surface area contributed by atoms with E-state index >= 15 is 0 Å². The summed E-state index contributed by atoms with van der Waals surface area (Å²) in [7, 11) is 0. The lowest BCUT2D eigenvalue weighted by molar-refractivity contribution is 0.0523. The Labute approximate surface area is 91.5 Å². The molecule has 15 heavy (non-hydrogen) atoms. The van der Waals surface area contributed by atoms with Crippen LogP contribution in [0.15, 0.2) is 0 Å². The molecule has 0 saturated heterocycles. The highest BCUT2D eigenvalue weighted by Gasteiger charge is 2.55. The summed E-state index contributed by atoms with van der Waals surface area (Å²) < 4.78 is 5.13. The first kappa shape index (κ1) is 12.3. The summed E-state index contributed by atoms with van der Waals surface area (Å²) in [5, 5.41) is 2.75. The number of rotatable bonds is 2. The van der Waals surface area contributed by atoms with Gasteiger partial charge in [-0.1, -0.05) is 13.8 Å². The van der Waals surface area contributed by atoms with Crippen molar-refractivity contribution in [3.05, 3.63) is 0 Å². The topological polar surface area (TPSA) is 64.3 Å². The van der Waals surface area contributed by atoms with Crippen LogP contribution in [0.5, 0.6) is 0 Å². The van der Waals surface area contributed by atoms with Gasteiger partial charge in [-0.3, -0.25) is 0 Å². The predicted octanol–water partition coefficient (Wildman–Crippen LogP) is 1.49. The first-order chi connectivity index (χ1) is 6.64. The third-order valence-corrected chi connectivity index (χ3v) is 3.00. The van der Waals surface area contributed by atoms with E-state index < -0.39 is 5.60 Å². The standard InChI is InChI=1S/C11H22N2O2/c1-10(2,3)15-9(14)13-6-7-8(12)11(7,4)5/h7-8H,6,12H2,1-5H3,(H,13,14)/t7-,8-/m1/s1. The Balaban J connectivity index is 2.25. The Kier molecular flexibility index (Phi) is 3.01. The smallest absolute Gasteiger partial charge is 0.407 e. The zero-order valence-electron chi connectivity index (χ0n) is 10.3. The molecular formula is C11H22N2O2. The lowest BCUT2D eigenvalue weighted by Gasteiger charge is -2.19. The van der Waals surface area contributed by atoms with E-state index in [2.05, 4.69) is 19.2 Å². The van der Waals surface area contributed by atoms with Crippen LogP contribution in [0.25, 0.3) is 0 Å². The van der Waals surface area contributed by atoms with Crippen LogP contribution in [-0.2, 0) is 4.74 Å². The number of ether oxygens (including phenoxy) is 1. The van der Waals surface area contributed by atoms with Crippen LogP contribution in [0.2, 0.25) is 0 Å². The first-order valence-electron chi connectivity index (χ1n) is 5.37. The van der Waals surface area contributed by atoms with E-state index in [1.807, 2.05) is 20.8 Å². The van der Waals surface area contributed by atoms with Gasteiger partial charge >= 0.3 is 6.09 Å². The van der Waals surface area contributed by atoms with Gasteiger partial charge in [0.2, 0.25) is 0 Å². The van der Waals surface area contributed by atoms with Crippen LogP contribution in [0.4, 0.5) is 4.79 Å². The van der Waals surface area contributed by atoms with Crippen molar-refractivity contribution in [2.75, 3.05) is 6.54 Å². The molecule has 0 aromatic carbocycles. The fourth-order valence-corrected chi connectivity index (χ4v) is 1.68. The number of hydrogen-bond acceptors (Lipinski definition) is 3. The number of amides is 1. The van der Waals surface area contributed by atoms with Crippen molar-refractivity contribution >= 4 is 6.09 Å². The van der Waals surface area contributed by atoms with Crippen LogP contribution in [0, 0.1) is 11.3 Å². The Hall–Kier alpha value is -0.770. The number of alkyl carbamates (subject to hydrolysis) is 1. The molecule has 0 bridgehead atoms. The number of carbonyl (C=O) groups is 1. The SMILES string of the molecule is CC(C)(C)OC(=O)NC[C@@H]1[C@@H](N)C1(C)C. The fraction of sp³-hybridized carbons (Fsp3) is 0.909. The summed E-state index contributed by atoms with van der Waals surface area (Å²) in [6, 6.07) is 0.187. The summed E-state index contributed by atoms with van der Waals surface area (Å²) in [6.45, 7) is 10.4. The Morgan fingerprint density at radius 2 is 1.93 bits per heavy atom. The fourth-order valence-electron chi connectivity index (χ4n) is 1.68. The predicted molar refractivity (Wildman–Crippen MR) is 59.5 cm³/mol. The van der Waals surface area contributed by atoms with Crippen molar-refractivity contribution in [2.45, 2.75) is 46.3 Å². The zero-order valence-corrected chi connectivity index (χ0v) is 10.3. The highest BCUT2D eigenvalue weighted by atomic mass is 16.6. The van der Waals surface area contributed by atoms with Gasteiger partial charge in [-0.15, -0.1) is 0 Å². The molecule has 88 valence electrons. The quantitative estimate of drug-likeness (QED) is 0.732. The molecule has 4 nitrogen and oxygen atoms in total. The van der Waals surface area contributed by atoms with Crippen LogP contribution in [0.3, 0.4) is 0 Å². The molecule has 0 heterocycles. The summed E-state index contributed by atoms with van der Waals surface area (Å²) in [5.41, 5.74) is 5.57. The molecule has 1 aliphatic rings. The normalized spacial score (nSPS) is 28.4. The monoisotopic (exact) mass is 214 g/mol. The molecule has 0 aromatic rings. The molecule has 0 aliphatic heterocycles. The lowest BCUT2D eigenvalue weighted by Crippen LogP contribution is -2.34. The summed E-state index contributed by atoms with van der Waals surface area (Å²) in [4.78, 5) is 11.3. The van der Waals surface area contributed by atoms with Crippen LogP contribution in [0.1, 0.15) is 34.6 Å². The Bertz CT molecular complexity index is 256. The summed E-state index contributed by atoms with van der Waals surface area (Å²) in [6.07, 6.45) is -0.364. The molecule has 2 atom stereocenters. The third kappa shape index (κ3) is 3.09. The van der Waals surface area contributed by atoms with E-state index in [4.69, 9.17) is 10.5 Å². The van der Waals surface area contributed by atoms with Crippen molar-refractivity contribution in [3.63, 3.8) is 0 Å². The van der Waals surface area contributed by atoms with Crippen molar-refractivity contribution in [1.82, 2.24) is 5.32 Å². The lowest BCUT2D eigenvalue weighted by atomic mass is 10.1. The molecule has 3 N–H and O–H groups in total. The Morgan fingerprint density at radius 1 is 1.47 bits per heavy atom. The van der Waals surface area contributed by atoms with Crippen LogP contribution < -0.4 is 11.1 Å². The number of nitrogens with one attached hydrogen (secondary N) is 1. The van der Waals surface area contributed by atoms with E-state index in [-0.39, 0.29) is 17.6 Å². The van der Waals surface area contributed by atoms with E-state index in [9.17, 15) is 4.79 Å². The van der Waals surface area contributed by atoms with Gasteiger partial charge < -0.3 is 15.8 Å². The molecule has 1 saturated carbocycles. The summed E-state index contributed by atoms with van der Waals surface area (Å²) >= 11 is 0. The maximum Gasteiger partial charge on any atom is 0.407 e. The van der Waals surface area contributed by atoms with Crippen molar-refractivity contribution in [2.24, 2.45) is 17.1 Å². The number of carbonyl (C=O) groups excluding carboxylic acids is 1. The zero-order chi connectivity index (χ0) is 11.9. The molecule has 0 spiro atoms.